The van der Waals surface area contributed by atoms with E-state index in [0.29, 0.717) is 0 Å². The third kappa shape index (κ3) is 4.41. The lowest BCUT2D eigenvalue weighted by molar-refractivity contribution is 0.0117. The summed E-state index contributed by atoms with van der Waals surface area (Å²) in [6.07, 6.45) is 1.92. The second kappa shape index (κ2) is 6.32. The minimum atomic E-state index is -0.103. The largest absolute Gasteiger partial charge is 0.379 e. The van der Waals surface area contributed by atoms with Crippen molar-refractivity contribution < 1.29 is 4.74 Å². The van der Waals surface area contributed by atoms with Gasteiger partial charge in [0, 0.05) is 13.2 Å². The van der Waals surface area contributed by atoms with E-state index in [0.717, 1.165) is 12.8 Å². The zero-order chi connectivity index (χ0) is 13.8. The number of nitrogens with one attached hydrogen (secondary N) is 1. The smallest absolute Gasteiger partial charge is 0.0623 e. The maximum absolute atomic E-state index is 5.68. The number of benzene rings is 1. The van der Waals surface area contributed by atoms with Crippen molar-refractivity contribution in [2.75, 3.05) is 7.11 Å². The lowest BCUT2D eigenvalue weighted by Gasteiger charge is -2.26. The third-order valence-electron chi connectivity index (χ3n) is 3.44. The highest BCUT2D eigenvalue weighted by Gasteiger charge is 2.19. The molecule has 0 aliphatic carbocycles. The Kier molecular flexibility index (Phi) is 5.32. The Labute approximate surface area is 111 Å². The molecule has 0 saturated heterocycles. The molecule has 102 valence electrons. The maximum Gasteiger partial charge on any atom is 0.0623 e. The summed E-state index contributed by atoms with van der Waals surface area (Å²) in [4.78, 5) is 0. The van der Waals surface area contributed by atoms with E-state index in [1.54, 1.807) is 7.11 Å². The first-order valence-corrected chi connectivity index (χ1v) is 6.47. The summed E-state index contributed by atoms with van der Waals surface area (Å²) >= 11 is 0. The Bertz CT molecular complexity index is 368. The number of hydrogen-bond acceptors (Lipinski definition) is 3. The summed E-state index contributed by atoms with van der Waals surface area (Å²) < 4.78 is 5.45. The van der Waals surface area contributed by atoms with Crippen molar-refractivity contribution in [2.24, 2.45) is 5.84 Å². The van der Waals surface area contributed by atoms with E-state index in [1.165, 1.54) is 16.7 Å². The molecule has 3 nitrogen and oxygen atoms in total. The second-order valence-corrected chi connectivity index (χ2v) is 5.64. The summed E-state index contributed by atoms with van der Waals surface area (Å²) in [5, 5.41) is 0. The van der Waals surface area contributed by atoms with Crippen LogP contribution in [0.1, 0.15) is 49.4 Å². The number of nitrogens with two attached hydrogens (primary N) is 1. The highest BCUT2D eigenvalue weighted by atomic mass is 16.5. The number of aryl methyl sites for hydroxylation is 2. The van der Waals surface area contributed by atoms with E-state index in [4.69, 9.17) is 10.6 Å². The molecule has 1 aromatic rings. The van der Waals surface area contributed by atoms with Gasteiger partial charge < -0.3 is 4.74 Å². The SMILES string of the molecule is COC(C)(C)CCC(NN)c1cc(C)cc(C)c1. The molecule has 1 unspecified atom stereocenters. The van der Waals surface area contributed by atoms with Gasteiger partial charge in [-0.2, -0.15) is 0 Å². The molecule has 0 spiro atoms. The van der Waals surface area contributed by atoms with Gasteiger partial charge in [-0.25, -0.2) is 0 Å². The van der Waals surface area contributed by atoms with Gasteiger partial charge in [-0.05, 0) is 46.1 Å². The fourth-order valence-corrected chi connectivity index (χ4v) is 2.15. The summed E-state index contributed by atoms with van der Waals surface area (Å²) in [6, 6.07) is 6.74. The van der Waals surface area contributed by atoms with Gasteiger partial charge in [-0.15, -0.1) is 0 Å². The Hall–Kier alpha value is -0.900. The van der Waals surface area contributed by atoms with Gasteiger partial charge in [0.2, 0.25) is 0 Å². The maximum atomic E-state index is 5.68. The topological polar surface area (TPSA) is 47.3 Å². The average Bonchev–Trinajstić information content (AvgIpc) is 2.28. The molecule has 0 radical (unpaired) electrons. The number of methoxy groups -OCH3 is 1. The normalized spacial score (nSPS) is 13.7. The standard InChI is InChI=1S/C15H26N2O/c1-11-8-12(2)10-13(9-11)14(17-16)6-7-15(3,4)18-5/h8-10,14,17H,6-7,16H2,1-5H3. The van der Waals surface area contributed by atoms with E-state index < -0.39 is 0 Å². The van der Waals surface area contributed by atoms with Crippen LogP contribution in [-0.2, 0) is 4.74 Å². The minimum Gasteiger partial charge on any atom is -0.379 e. The fourth-order valence-electron chi connectivity index (χ4n) is 2.15. The van der Waals surface area contributed by atoms with Crippen molar-refractivity contribution >= 4 is 0 Å². The Morgan fingerprint density at radius 2 is 1.78 bits per heavy atom. The van der Waals surface area contributed by atoms with Crippen LogP contribution in [0.5, 0.6) is 0 Å². The Morgan fingerprint density at radius 3 is 2.22 bits per heavy atom. The van der Waals surface area contributed by atoms with E-state index in [9.17, 15) is 0 Å². The fraction of sp³-hybridized carbons (Fsp3) is 0.600. The van der Waals surface area contributed by atoms with E-state index >= 15 is 0 Å². The highest BCUT2D eigenvalue weighted by Crippen LogP contribution is 2.25. The first-order chi connectivity index (χ1) is 8.38. The van der Waals surface area contributed by atoms with Crippen molar-refractivity contribution in [3.63, 3.8) is 0 Å². The molecule has 0 amide bonds. The van der Waals surface area contributed by atoms with Crippen molar-refractivity contribution in [3.05, 3.63) is 34.9 Å². The molecule has 0 aromatic heterocycles. The molecule has 18 heavy (non-hydrogen) atoms. The molecule has 0 saturated carbocycles. The second-order valence-electron chi connectivity index (χ2n) is 5.64. The molecule has 0 aliphatic rings. The zero-order valence-corrected chi connectivity index (χ0v) is 12.2. The van der Waals surface area contributed by atoms with Crippen molar-refractivity contribution in [1.82, 2.24) is 5.43 Å². The summed E-state index contributed by atoms with van der Waals surface area (Å²) in [5.74, 6) is 5.68. The van der Waals surface area contributed by atoms with Crippen LogP contribution in [0.4, 0.5) is 0 Å². The average molecular weight is 250 g/mol. The summed E-state index contributed by atoms with van der Waals surface area (Å²) in [6.45, 7) is 8.43. The first kappa shape index (κ1) is 15.2. The summed E-state index contributed by atoms with van der Waals surface area (Å²) in [7, 11) is 1.75. The number of hydrazine groups is 1. The van der Waals surface area contributed by atoms with E-state index in [-0.39, 0.29) is 11.6 Å². The molecule has 1 atom stereocenters. The van der Waals surface area contributed by atoms with Crippen molar-refractivity contribution in [2.45, 2.75) is 52.2 Å². The molecule has 0 heterocycles. The van der Waals surface area contributed by atoms with Crippen LogP contribution < -0.4 is 11.3 Å². The van der Waals surface area contributed by atoms with Crippen LogP contribution in [0.15, 0.2) is 18.2 Å². The lowest BCUT2D eigenvalue weighted by atomic mass is 9.93. The van der Waals surface area contributed by atoms with Crippen LogP contribution in [-0.4, -0.2) is 12.7 Å². The van der Waals surface area contributed by atoms with Crippen LogP contribution in [0, 0.1) is 13.8 Å². The quantitative estimate of drug-likeness (QED) is 0.602. The Balaban J connectivity index is 2.77. The van der Waals surface area contributed by atoms with Crippen LogP contribution in [0.25, 0.3) is 0 Å². The number of rotatable bonds is 6. The van der Waals surface area contributed by atoms with E-state index in [1.807, 2.05) is 0 Å². The van der Waals surface area contributed by atoms with Crippen LogP contribution in [0.3, 0.4) is 0 Å². The van der Waals surface area contributed by atoms with Gasteiger partial charge in [0.25, 0.3) is 0 Å². The first-order valence-electron chi connectivity index (χ1n) is 6.47. The zero-order valence-electron chi connectivity index (χ0n) is 12.2. The van der Waals surface area contributed by atoms with Crippen LogP contribution >= 0.6 is 0 Å². The van der Waals surface area contributed by atoms with E-state index in [2.05, 4.69) is 51.3 Å². The van der Waals surface area contributed by atoms with Crippen molar-refractivity contribution in [3.8, 4) is 0 Å². The van der Waals surface area contributed by atoms with Gasteiger partial charge in [0.15, 0.2) is 0 Å². The van der Waals surface area contributed by atoms with Crippen molar-refractivity contribution in [1.29, 1.82) is 0 Å². The van der Waals surface area contributed by atoms with Gasteiger partial charge in [0.05, 0.1) is 5.60 Å². The minimum absolute atomic E-state index is 0.103. The predicted molar refractivity (Wildman–Crippen MR) is 76.3 cm³/mol. The monoisotopic (exact) mass is 250 g/mol. The molecule has 0 aliphatic heterocycles. The molecule has 1 aromatic carbocycles. The van der Waals surface area contributed by atoms with Gasteiger partial charge in [-0.3, -0.25) is 11.3 Å². The molecular formula is C15H26N2O. The predicted octanol–water partition coefficient (Wildman–Crippen LogP) is 3.01. The molecule has 1 rings (SSSR count). The molecule has 3 N–H and O–H groups in total. The highest BCUT2D eigenvalue weighted by molar-refractivity contribution is 5.30. The molecule has 0 fully saturated rings. The molecular weight excluding hydrogens is 224 g/mol. The molecule has 3 heteroatoms. The summed E-state index contributed by atoms with van der Waals surface area (Å²) in [5.41, 5.74) is 6.61. The van der Waals surface area contributed by atoms with Crippen LogP contribution in [0.2, 0.25) is 0 Å². The van der Waals surface area contributed by atoms with Gasteiger partial charge in [-0.1, -0.05) is 29.3 Å². The van der Waals surface area contributed by atoms with Gasteiger partial charge in [0.1, 0.15) is 0 Å². The third-order valence-corrected chi connectivity index (χ3v) is 3.44. The molecule has 0 bridgehead atoms. The lowest BCUT2D eigenvalue weighted by Crippen LogP contribution is -2.31. The Morgan fingerprint density at radius 1 is 1.22 bits per heavy atom. The number of hydrogen-bond donors (Lipinski definition) is 2. The van der Waals surface area contributed by atoms with Gasteiger partial charge >= 0.3 is 0 Å². The number of ether oxygens (including phenoxy) is 1.